The second-order valence-electron chi connectivity index (χ2n) is 9.64. The van der Waals surface area contributed by atoms with Crippen LogP contribution in [-0.2, 0) is 13.0 Å². The molecule has 5 heteroatoms. The van der Waals surface area contributed by atoms with Crippen molar-refractivity contribution in [1.82, 2.24) is 14.9 Å². The molecule has 1 N–H and O–H groups in total. The van der Waals surface area contributed by atoms with Crippen molar-refractivity contribution in [2.24, 2.45) is 0 Å². The van der Waals surface area contributed by atoms with Crippen LogP contribution in [0.25, 0.3) is 11.0 Å². The molecule has 0 unspecified atom stereocenters. The number of fused-ring (bicyclic) bond motifs is 1. The highest BCUT2D eigenvalue weighted by molar-refractivity contribution is 5.94. The predicted molar refractivity (Wildman–Crippen MR) is 147 cm³/mol. The van der Waals surface area contributed by atoms with Crippen LogP contribution < -0.4 is 10.1 Å². The summed E-state index contributed by atoms with van der Waals surface area (Å²) in [7, 11) is 0. The van der Waals surface area contributed by atoms with Crippen LogP contribution in [0.5, 0.6) is 5.75 Å². The van der Waals surface area contributed by atoms with E-state index in [1.807, 2.05) is 43.3 Å². The van der Waals surface area contributed by atoms with Gasteiger partial charge in [0.2, 0.25) is 0 Å². The number of unbranched alkanes of at least 4 members (excludes halogenated alkanes) is 1. The topological polar surface area (TPSA) is 56.2 Å². The maximum atomic E-state index is 12.4. The third kappa shape index (κ3) is 6.54. The van der Waals surface area contributed by atoms with Gasteiger partial charge in [-0.25, -0.2) is 4.98 Å². The number of carbonyl (C=O) groups excluding carboxylic acids is 1. The molecule has 0 saturated heterocycles. The van der Waals surface area contributed by atoms with Crippen molar-refractivity contribution in [3.63, 3.8) is 0 Å². The first-order valence-corrected chi connectivity index (χ1v) is 13.0. The highest BCUT2D eigenvalue weighted by Gasteiger charge is 2.11. The van der Waals surface area contributed by atoms with E-state index in [1.54, 1.807) is 0 Å². The Morgan fingerprint density at radius 3 is 2.50 bits per heavy atom. The molecule has 1 amide bonds. The number of ether oxygens (including phenoxy) is 1. The fourth-order valence-corrected chi connectivity index (χ4v) is 4.46. The maximum Gasteiger partial charge on any atom is 0.251 e. The molecule has 1 heterocycles. The van der Waals surface area contributed by atoms with Gasteiger partial charge in [0.25, 0.3) is 5.91 Å². The molecule has 0 bridgehead atoms. The Kier molecular flexibility index (Phi) is 8.77. The van der Waals surface area contributed by atoms with Crippen molar-refractivity contribution in [1.29, 1.82) is 0 Å². The number of imidazole rings is 1. The van der Waals surface area contributed by atoms with Crippen LogP contribution in [0.4, 0.5) is 0 Å². The lowest BCUT2D eigenvalue weighted by atomic mass is 10.0. The summed E-state index contributed by atoms with van der Waals surface area (Å²) >= 11 is 0. The summed E-state index contributed by atoms with van der Waals surface area (Å²) < 4.78 is 8.45. The number of para-hydroxylation sites is 3. The molecule has 0 fully saturated rings. The molecule has 3 aromatic carbocycles. The van der Waals surface area contributed by atoms with E-state index >= 15 is 0 Å². The van der Waals surface area contributed by atoms with Crippen LogP contribution in [-0.4, -0.2) is 28.6 Å². The number of nitrogens with one attached hydrogen (secondary N) is 1. The van der Waals surface area contributed by atoms with Crippen molar-refractivity contribution in [3.05, 3.63) is 95.3 Å². The largest absolute Gasteiger partial charge is 0.493 e. The monoisotopic (exact) mass is 483 g/mol. The molecule has 1 aromatic heterocycles. The number of amides is 1. The molecule has 0 radical (unpaired) electrons. The summed E-state index contributed by atoms with van der Waals surface area (Å²) in [5.74, 6) is 2.49. The Morgan fingerprint density at radius 2 is 1.69 bits per heavy atom. The van der Waals surface area contributed by atoms with Gasteiger partial charge in [0, 0.05) is 25.1 Å². The van der Waals surface area contributed by atoms with Gasteiger partial charge in [0.05, 0.1) is 17.6 Å². The van der Waals surface area contributed by atoms with Crippen LogP contribution in [0, 0.1) is 6.92 Å². The molecule has 36 heavy (non-hydrogen) atoms. The zero-order chi connectivity index (χ0) is 25.3. The third-order valence-electron chi connectivity index (χ3n) is 6.48. The minimum absolute atomic E-state index is 0.0254. The fourth-order valence-electron chi connectivity index (χ4n) is 4.46. The van der Waals surface area contributed by atoms with Crippen LogP contribution in [0.2, 0.25) is 0 Å². The summed E-state index contributed by atoms with van der Waals surface area (Å²) in [6.45, 7) is 8.65. The SMILES string of the molecule is Cc1ccc(C(=O)NCCCc2nc3ccccc3n2CCCCOc2ccccc2C(C)C)cc1. The number of benzene rings is 3. The van der Waals surface area contributed by atoms with Crippen molar-refractivity contribution in [2.45, 2.75) is 58.9 Å². The molecule has 0 atom stereocenters. The molecular weight excluding hydrogens is 446 g/mol. The highest BCUT2D eigenvalue weighted by Crippen LogP contribution is 2.26. The number of rotatable bonds is 12. The van der Waals surface area contributed by atoms with Crippen molar-refractivity contribution < 1.29 is 9.53 Å². The van der Waals surface area contributed by atoms with E-state index in [4.69, 9.17) is 9.72 Å². The van der Waals surface area contributed by atoms with Crippen LogP contribution >= 0.6 is 0 Å². The van der Waals surface area contributed by atoms with E-state index in [2.05, 4.69) is 60.1 Å². The van der Waals surface area contributed by atoms with E-state index in [9.17, 15) is 4.79 Å². The summed E-state index contributed by atoms with van der Waals surface area (Å²) in [5.41, 5.74) is 5.30. The summed E-state index contributed by atoms with van der Waals surface area (Å²) in [4.78, 5) is 17.3. The molecule has 188 valence electrons. The van der Waals surface area contributed by atoms with E-state index in [1.165, 1.54) is 11.1 Å². The van der Waals surface area contributed by atoms with E-state index in [0.29, 0.717) is 24.6 Å². The number of hydrogen-bond donors (Lipinski definition) is 1. The lowest BCUT2D eigenvalue weighted by Crippen LogP contribution is -2.25. The molecule has 5 nitrogen and oxygen atoms in total. The fraction of sp³-hybridized carbons (Fsp3) is 0.355. The Bertz CT molecular complexity index is 1270. The van der Waals surface area contributed by atoms with Crippen LogP contribution in [0.3, 0.4) is 0 Å². The van der Waals surface area contributed by atoms with E-state index in [-0.39, 0.29) is 5.91 Å². The zero-order valence-corrected chi connectivity index (χ0v) is 21.7. The standard InChI is InChI=1S/C31H37N3O2/c1-23(2)26-11-4-7-14-29(26)36-22-9-8-21-34-28-13-6-5-12-27(28)33-30(34)15-10-20-32-31(35)25-18-16-24(3)17-19-25/h4-7,11-14,16-19,23H,8-10,15,20-22H2,1-3H3,(H,32,35). The average Bonchev–Trinajstić information content (AvgIpc) is 3.24. The smallest absolute Gasteiger partial charge is 0.251 e. The minimum Gasteiger partial charge on any atom is -0.493 e. The third-order valence-corrected chi connectivity index (χ3v) is 6.48. The van der Waals surface area contributed by atoms with Gasteiger partial charge < -0.3 is 14.6 Å². The van der Waals surface area contributed by atoms with Crippen LogP contribution in [0.1, 0.15) is 66.3 Å². The van der Waals surface area contributed by atoms with Gasteiger partial charge in [-0.1, -0.05) is 61.9 Å². The number of carbonyl (C=O) groups is 1. The molecule has 0 aliphatic carbocycles. The first-order chi connectivity index (χ1) is 17.5. The van der Waals surface area contributed by atoms with Gasteiger partial charge in [0.15, 0.2) is 0 Å². The molecule has 0 aliphatic heterocycles. The van der Waals surface area contributed by atoms with E-state index < -0.39 is 0 Å². The molecule has 4 aromatic rings. The van der Waals surface area contributed by atoms with Gasteiger partial charge in [-0.15, -0.1) is 0 Å². The van der Waals surface area contributed by atoms with Gasteiger partial charge >= 0.3 is 0 Å². The first-order valence-electron chi connectivity index (χ1n) is 13.0. The zero-order valence-electron chi connectivity index (χ0n) is 21.7. The Balaban J connectivity index is 1.30. The first kappa shape index (κ1) is 25.5. The second-order valence-corrected chi connectivity index (χ2v) is 9.64. The Labute approximate surface area is 214 Å². The summed E-state index contributed by atoms with van der Waals surface area (Å²) in [5, 5.41) is 3.04. The number of aromatic nitrogens is 2. The molecule has 4 rings (SSSR count). The van der Waals surface area contributed by atoms with Gasteiger partial charge in [-0.05, 0) is 68.0 Å². The van der Waals surface area contributed by atoms with Crippen molar-refractivity contribution in [2.75, 3.05) is 13.2 Å². The molecule has 0 saturated carbocycles. The Morgan fingerprint density at radius 1 is 0.944 bits per heavy atom. The highest BCUT2D eigenvalue weighted by atomic mass is 16.5. The molecule has 0 aliphatic rings. The summed E-state index contributed by atoms with van der Waals surface area (Å²) in [6, 6.07) is 24.3. The molecular formula is C31H37N3O2. The van der Waals surface area contributed by atoms with Crippen molar-refractivity contribution >= 4 is 16.9 Å². The van der Waals surface area contributed by atoms with Crippen LogP contribution in [0.15, 0.2) is 72.8 Å². The summed E-state index contributed by atoms with van der Waals surface area (Å²) in [6.07, 6.45) is 3.66. The van der Waals surface area contributed by atoms with E-state index in [0.717, 1.165) is 54.9 Å². The number of nitrogens with zero attached hydrogens (tertiary/aromatic N) is 2. The molecule has 0 spiro atoms. The quantitative estimate of drug-likeness (QED) is 0.228. The van der Waals surface area contributed by atoms with Gasteiger partial charge in [-0.3, -0.25) is 4.79 Å². The minimum atomic E-state index is -0.0254. The van der Waals surface area contributed by atoms with Crippen molar-refractivity contribution in [3.8, 4) is 5.75 Å². The predicted octanol–water partition coefficient (Wildman–Crippen LogP) is 6.69. The number of aryl methyl sites for hydroxylation is 3. The lowest BCUT2D eigenvalue weighted by Gasteiger charge is -2.14. The lowest BCUT2D eigenvalue weighted by molar-refractivity contribution is 0.0953. The average molecular weight is 484 g/mol. The van der Waals surface area contributed by atoms with Gasteiger partial charge in [0.1, 0.15) is 11.6 Å². The number of hydrogen-bond acceptors (Lipinski definition) is 3. The Hall–Kier alpha value is -3.60. The van der Waals surface area contributed by atoms with Gasteiger partial charge in [-0.2, -0.15) is 0 Å². The maximum absolute atomic E-state index is 12.4. The normalized spacial score (nSPS) is 11.2. The second kappa shape index (κ2) is 12.4.